The topological polar surface area (TPSA) is 78.9 Å². The van der Waals surface area contributed by atoms with Gasteiger partial charge in [0.25, 0.3) is 0 Å². The molecule has 8 nitrogen and oxygen atoms in total. The second-order valence-corrected chi connectivity index (χ2v) is 7.44. The number of hydrogen-bond acceptors (Lipinski definition) is 5. The van der Waals surface area contributed by atoms with Gasteiger partial charge in [0.1, 0.15) is 12.6 Å². The van der Waals surface area contributed by atoms with Crippen LogP contribution in [0.25, 0.3) is 0 Å². The van der Waals surface area contributed by atoms with E-state index in [9.17, 15) is 18.4 Å². The Morgan fingerprint density at radius 3 is 2.67 bits per heavy atom. The van der Waals surface area contributed by atoms with Crippen LogP contribution in [0, 0.1) is 11.6 Å². The molecule has 2 aliphatic rings. The van der Waals surface area contributed by atoms with Crippen LogP contribution in [0.5, 0.6) is 6.01 Å². The van der Waals surface area contributed by atoms with Crippen LogP contribution in [0.4, 0.5) is 19.3 Å². The number of hydrogen-bond donors (Lipinski definition) is 0. The van der Waals surface area contributed by atoms with E-state index in [-0.39, 0.29) is 36.8 Å². The highest BCUT2D eigenvalue weighted by Gasteiger charge is 2.34. The summed E-state index contributed by atoms with van der Waals surface area (Å²) in [6.45, 7) is 1.36. The lowest BCUT2D eigenvalue weighted by Crippen LogP contribution is -2.42. The number of ether oxygens (including phenoxy) is 1. The average molecular weight is 438 g/mol. The molecule has 2 saturated heterocycles. The third-order valence-electron chi connectivity index (χ3n) is 5.00. The van der Waals surface area contributed by atoms with E-state index in [1.165, 1.54) is 28.3 Å². The zero-order valence-corrected chi connectivity index (χ0v) is 16.6. The van der Waals surface area contributed by atoms with Crippen LogP contribution >= 0.6 is 11.6 Å². The maximum atomic E-state index is 13.5. The molecule has 3 heterocycles. The number of nitrogens with zero attached hydrogens (tertiary/aromatic N) is 5. The highest BCUT2D eigenvalue weighted by molar-refractivity contribution is 6.30. The highest BCUT2D eigenvalue weighted by atomic mass is 35.5. The predicted octanol–water partition coefficient (Wildman–Crippen LogP) is 2.33. The Morgan fingerprint density at radius 2 is 1.93 bits per heavy atom. The first kappa shape index (κ1) is 20.3. The molecule has 1 aromatic carbocycles. The number of likely N-dealkylation sites (tertiary alicyclic amines) is 1. The number of rotatable bonds is 5. The first-order valence-corrected chi connectivity index (χ1v) is 9.72. The van der Waals surface area contributed by atoms with Crippen molar-refractivity contribution in [3.05, 3.63) is 47.2 Å². The SMILES string of the molecule is O=C(CN1CCN(c2ccc(F)c(F)c2)C1=O)N1CC[C@@H](Oc2ncc(Cl)cn2)C1. The van der Waals surface area contributed by atoms with Crippen LogP contribution in [0.15, 0.2) is 30.6 Å². The molecule has 2 aromatic rings. The Labute approximate surface area is 176 Å². The van der Waals surface area contributed by atoms with Crippen molar-refractivity contribution in [2.45, 2.75) is 12.5 Å². The molecule has 0 spiro atoms. The zero-order valence-electron chi connectivity index (χ0n) is 15.8. The fraction of sp³-hybridized carbons (Fsp3) is 0.368. The lowest BCUT2D eigenvalue weighted by molar-refractivity contribution is -0.130. The molecule has 4 rings (SSSR count). The molecule has 11 heteroatoms. The van der Waals surface area contributed by atoms with Crippen molar-refractivity contribution in [1.29, 1.82) is 0 Å². The summed E-state index contributed by atoms with van der Waals surface area (Å²) < 4.78 is 32.3. The largest absolute Gasteiger partial charge is 0.458 e. The van der Waals surface area contributed by atoms with Crippen molar-refractivity contribution < 1.29 is 23.1 Å². The molecular weight excluding hydrogens is 420 g/mol. The number of carbonyl (C=O) groups is 2. The van der Waals surface area contributed by atoms with Crippen molar-refractivity contribution >= 4 is 29.2 Å². The minimum atomic E-state index is -1.03. The first-order chi connectivity index (χ1) is 14.4. The maximum absolute atomic E-state index is 13.5. The Morgan fingerprint density at radius 1 is 1.17 bits per heavy atom. The van der Waals surface area contributed by atoms with Crippen LogP contribution in [0.3, 0.4) is 0 Å². The standard InChI is InChI=1S/C19H18ClF2N5O3/c20-12-8-23-18(24-9-12)30-14-3-4-25(10-14)17(28)11-26-5-6-27(19(26)29)13-1-2-15(21)16(22)7-13/h1-2,7-9,14H,3-6,10-11H2/t14-/m1/s1. The van der Waals surface area contributed by atoms with Crippen LogP contribution in [-0.4, -0.2) is 70.5 Å². The van der Waals surface area contributed by atoms with E-state index in [1.807, 2.05) is 0 Å². The van der Waals surface area contributed by atoms with E-state index in [2.05, 4.69) is 9.97 Å². The van der Waals surface area contributed by atoms with Crippen LogP contribution in [0.2, 0.25) is 5.02 Å². The van der Waals surface area contributed by atoms with Gasteiger partial charge in [0.05, 0.1) is 24.0 Å². The number of halogens is 3. The first-order valence-electron chi connectivity index (χ1n) is 9.34. The van der Waals surface area contributed by atoms with Crippen molar-refractivity contribution in [2.75, 3.05) is 37.6 Å². The summed E-state index contributed by atoms with van der Waals surface area (Å²) in [6.07, 6.45) is 3.23. The lowest BCUT2D eigenvalue weighted by Gasteiger charge is -2.22. The van der Waals surface area contributed by atoms with Crippen molar-refractivity contribution in [2.24, 2.45) is 0 Å². The second-order valence-electron chi connectivity index (χ2n) is 7.01. The van der Waals surface area contributed by atoms with E-state index in [1.54, 1.807) is 4.90 Å². The van der Waals surface area contributed by atoms with Gasteiger partial charge in [-0.1, -0.05) is 11.6 Å². The maximum Gasteiger partial charge on any atom is 0.325 e. The third-order valence-corrected chi connectivity index (χ3v) is 5.20. The number of carbonyl (C=O) groups excluding carboxylic acids is 2. The Hall–Kier alpha value is -3.01. The summed E-state index contributed by atoms with van der Waals surface area (Å²) in [5.74, 6) is -2.21. The second kappa shape index (κ2) is 8.39. The summed E-state index contributed by atoms with van der Waals surface area (Å²) in [6, 6.07) is 3.05. The van der Waals surface area contributed by atoms with Gasteiger partial charge in [-0.15, -0.1) is 0 Å². The molecule has 0 N–H and O–H groups in total. The molecule has 0 aliphatic carbocycles. The zero-order chi connectivity index (χ0) is 21.3. The monoisotopic (exact) mass is 437 g/mol. The fourth-order valence-electron chi connectivity index (χ4n) is 3.45. The summed E-state index contributed by atoms with van der Waals surface area (Å²) in [5, 5.41) is 0.401. The van der Waals surface area contributed by atoms with Crippen LogP contribution < -0.4 is 9.64 Å². The quantitative estimate of drug-likeness (QED) is 0.717. The van der Waals surface area contributed by atoms with E-state index in [4.69, 9.17) is 16.3 Å². The molecule has 0 saturated carbocycles. The van der Waals surface area contributed by atoms with Crippen LogP contribution in [0.1, 0.15) is 6.42 Å². The minimum Gasteiger partial charge on any atom is -0.458 e. The smallest absolute Gasteiger partial charge is 0.325 e. The number of benzene rings is 1. The van der Waals surface area contributed by atoms with Gasteiger partial charge in [0.15, 0.2) is 11.6 Å². The Balaban J connectivity index is 1.31. The van der Waals surface area contributed by atoms with E-state index < -0.39 is 17.7 Å². The molecule has 3 amide bonds. The fourth-order valence-corrected chi connectivity index (χ4v) is 3.54. The molecule has 0 unspecified atom stereocenters. The average Bonchev–Trinajstić information content (AvgIpc) is 3.33. The van der Waals surface area contributed by atoms with Gasteiger partial charge in [-0.2, -0.15) is 0 Å². The van der Waals surface area contributed by atoms with Gasteiger partial charge in [-0.3, -0.25) is 9.69 Å². The van der Waals surface area contributed by atoms with E-state index in [0.29, 0.717) is 31.1 Å². The predicted molar refractivity (Wildman–Crippen MR) is 103 cm³/mol. The van der Waals surface area contributed by atoms with E-state index in [0.717, 1.165) is 12.1 Å². The van der Waals surface area contributed by atoms with E-state index >= 15 is 0 Å². The van der Waals surface area contributed by atoms with Crippen LogP contribution in [-0.2, 0) is 4.79 Å². The molecular formula is C19H18ClF2N5O3. The molecule has 2 fully saturated rings. The van der Waals surface area contributed by atoms with Gasteiger partial charge in [-0.05, 0) is 12.1 Å². The molecule has 0 bridgehead atoms. The summed E-state index contributed by atoms with van der Waals surface area (Å²) in [7, 11) is 0. The van der Waals surface area contributed by atoms with Crippen molar-refractivity contribution in [3.8, 4) is 6.01 Å². The number of amides is 3. The Kier molecular flexibility index (Phi) is 5.67. The summed E-state index contributed by atoms with van der Waals surface area (Å²) in [5.41, 5.74) is 0.256. The van der Waals surface area contributed by atoms with Gasteiger partial charge < -0.3 is 14.5 Å². The van der Waals surface area contributed by atoms with Crippen molar-refractivity contribution in [3.63, 3.8) is 0 Å². The molecule has 1 aromatic heterocycles. The number of anilines is 1. The summed E-state index contributed by atoms with van der Waals surface area (Å²) in [4.78, 5) is 37.5. The summed E-state index contributed by atoms with van der Waals surface area (Å²) >= 11 is 5.75. The Bertz CT molecular complexity index is 962. The van der Waals surface area contributed by atoms with Crippen molar-refractivity contribution in [1.82, 2.24) is 19.8 Å². The normalized spacial score (nSPS) is 19.0. The van der Waals surface area contributed by atoms with Gasteiger partial charge in [0, 0.05) is 37.8 Å². The molecule has 0 radical (unpaired) electrons. The number of urea groups is 1. The highest BCUT2D eigenvalue weighted by Crippen LogP contribution is 2.23. The lowest BCUT2D eigenvalue weighted by atomic mass is 10.3. The minimum absolute atomic E-state index is 0.0941. The van der Waals surface area contributed by atoms with Gasteiger partial charge in [-0.25, -0.2) is 23.5 Å². The number of aromatic nitrogens is 2. The molecule has 158 valence electrons. The molecule has 1 atom stereocenters. The third kappa shape index (κ3) is 4.28. The van der Waals surface area contributed by atoms with Gasteiger partial charge >= 0.3 is 12.0 Å². The molecule has 30 heavy (non-hydrogen) atoms. The molecule has 2 aliphatic heterocycles. The van der Waals surface area contributed by atoms with Gasteiger partial charge in [0.2, 0.25) is 5.91 Å².